The molecule has 0 aromatic rings. The van der Waals surface area contributed by atoms with Crippen LogP contribution in [0.5, 0.6) is 0 Å². The molecule has 2 saturated carbocycles. The maximum absolute atomic E-state index is 2.38. The molecule has 2 aliphatic carbocycles. The van der Waals surface area contributed by atoms with Crippen LogP contribution in [-0.4, -0.2) is 0 Å². The van der Waals surface area contributed by atoms with Crippen molar-refractivity contribution in [1.82, 2.24) is 0 Å². The summed E-state index contributed by atoms with van der Waals surface area (Å²) >= 11 is 0. The highest BCUT2D eigenvalue weighted by molar-refractivity contribution is 4.95. The van der Waals surface area contributed by atoms with E-state index in [0.29, 0.717) is 0 Å². The predicted octanol–water partition coefficient (Wildman–Crippen LogP) is 3.47. The quantitative estimate of drug-likeness (QED) is 0.568. The van der Waals surface area contributed by atoms with Gasteiger partial charge in [-0.1, -0.05) is 26.7 Å². The van der Waals surface area contributed by atoms with Crippen LogP contribution in [0.2, 0.25) is 0 Å². The second-order valence-corrected chi connectivity index (χ2v) is 4.48. The van der Waals surface area contributed by atoms with E-state index >= 15 is 0 Å². The molecule has 0 radical (unpaired) electrons. The SMILES string of the molecule is CCC1CC2CCC1C2CC. The van der Waals surface area contributed by atoms with Crippen LogP contribution in [0.1, 0.15) is 46.0 Å². The van der Waals surface area contributed by atoms with Gasteiger partial charge < -0.3 is 0 Å². The van der Waals surface area contributed by atoms with Crippen molar-refractivity contribution in [2.75, 3.05) is 0 Å². The van der Waals surface area contributed by atoms with Gasteiger partial charge in [0.2, 0.25) is 0 Å². The summed E-state index contributed by atoms with van der Waals surface area (Å²) in [4.78, 5) is 0. The van der Waals surface area contributed by atoms with Crippen LogP contribution >= 0.6 is 0 Å². The Morgan fingerprint density at radius 2 is 1.91 bits per heavy atom. The van der Waals surface area contributed by atoms with Gasteiger partial charge in [-0.3, -0.25) is 0 Å². The molecular formula is C11H20. The summed E-state index contributed by atoms with van der Waals surface area (Å²) in [7, 11) is 0. The van der Waals surface area contributed by atoms with Gasteiger partial charge in [-0.2, -0.15) is 0 Å². The molecule has 11 heavy (non-hydrogen) atoms. The number of hydrogen-bond acceptors (Lipinski definition) is 0. The third-order valence-corrected chi connectivity index (χ3v) is 4.23. The van der Waals surface area contributed by atoms with E-state index in [1.165, 1.54) is 12.8 Å². The molecule has 2 rings (SSSR count). The summed E-state index contributed by atoms with van der Waals surface area (Å²) in [6.07, 6.45) is 7.57. The fourth-order valence-electron chi connectivity index (χ4n) is 3.73. The highest BCUT2D eigenvalue weighted by Gasteiger charge is 2.45. The summed E-state index contributed by atoms with van der Waals surface area (Å²) in [5.41, 5.74) is 0. The van der Waals surface area contributed by atoms with E-state index in [2.05, 4.69) is 13.8 Å². The molecule has 0 aromatic heterocycles. The minimum atomic E-state index is 1.11. The van der Waals surface area contributed by atoms with Crippen molar-refractivity contribution >= 4 is 0 Å². The average molecular weight is 152 g/mol. The molecule has 0 amide bonds. The van der Waals surface area contributed by atoms with Gasteiger partial charge in [-0.25, -0.2) is 0 Å². The second kappa shape index (κ2) is 2.80. The van der Waals surface area contributed by atoms with Gasteiger partial charge in [0.15, 0.2) is 0 Å². The molecule has 0 heteroatoms. The highest BCUT2D eigenvalue weighted by atomic mass is 14.5. The first-order chi connectivity index (χ1) is 5.36. The molecule has 2 fully saturated rings. The van der Waals surface area contributed by atoms with E-state index in [0.717, 1.165) is 23.7 Å². The number of hydrogen-bond donors (Lipinski definition) is 0. The largest absolute Gasteiger partial charge is 0.0651 e. The van der Waals surface area contributed by atoms with Gasteiger partial charge in [0, 0.05) is 0 Å². The van der Waals surface area contributed by atoms with E-state index in [9.17, 15) is 0 Å². The van der Waals surface area contributed by atoms with Crippen molar-refractivity contribution in [3.63, 3.8) is 0 Å². The summed E-state index contributed by atoms with van der Waals surface area (Å²) < 4.78 is 0. The van der Waals surface area contributed by atoms with E-state index < -0.39 is 0 Å². The Bertz CT molecular complexity index is 139. The molecular weight excluding hydrogens is 132 g/mol. The van der Waals surface area contributed by atoms with E-state index in [1.807, 2.05) is 0 Å². The van der Waals surface area contributed by atoms with Crippen LogP contribution in [-0.2, 0) is 0 Å². The van der Waals surface area contributed by atoms with Gasteiger partial charge in [-0.15, -0.1) is 0 Å². The van der Waals surface area contributed by atoms with E-state index in [1.54, 1.807) is 19.3 Å². The third-order valence-electron chi connectivity index (χ3n) is 4.23. The van der Waals surface area contributed by atoms with Gasteiger partial charge in [0.1, 0.15) is 0 Å². The predicted molar refractivity (Wildman–Crippen MR) is 48.4 cm³/mol. The second-order valence-electron chi connectivity index (χ2n) is 4.48. The van der Waals surface area contributed by atoms with Crippen molar-refractivity contribution in [2.24, 2.45) is 23.7 Å². The molecule has 0 aromatic carbocycles. The molecule has 0 nitrogen and oxygen atoms in total. The van der Waals surface area contributed by atoms with Crippen molar-refractivity contribution in [1.29, 1.82) is 0 Å². The monoisotopic (exact) mass is 152 g/mol. The van der Waals surface area contributed by atoms with Crippen LogP contribution in [0.25, 0.3) is 0 Å². The van der Waals surface area contributed by atoms with E-state index in [4.69, 9.17) is 0 Å². The summed E-state index contributed by atoms with van der Waals surface area (Å²) in [6, 6.07) is 0. The standard InChI is InChI=1S/C11H20/c1-3-8-7-9-5-6-11(8)10(9)4-2/h8-11H,3-7H2,1-2H3. The molecule has 0 aliphatic heterocycles. The maximum Gasteiger partial charge on any atom is -0.0355 e. The summed E-state index contributed by atoms with van der Waals surface area (Å²) in [5.74, 6) is 4.50. The molecule has 4 unspecified atom stereocenters. The molecule has 2 aliphatic rings. The molecule has 0 N–H and O–H groups in total. The van der Waals surface area contributed by atoms with Crippen molar-refractivity contribution in [2.45, 2.75) is 46.0 Å². The van der Waals surface area contributed by atoms with Gasteiger partial charge in [-0.05, 0) is 42.9 Å². The lowest BCUT2D eigenvalue weighted by Crippen LogP contribution is -2.10. The third kappa shape index (κ3) is 1.02. The first kappa shape index (κ1) is 7.64. The lowest BCUT2D eigenvalue weighted by Gasteiger charge is -2.20. The Morgan fingerprint density at radius 1 is 1.09 bits per heavy atom. The zero-order valence-electron chi connectivity index (χ0n) is 7.84. The Labute approximate surface area is 70.4 Å². The Balaban J connectivity index is 2.06. The van der Waals surface area contributed by atoms with Gasteiger partial charge >= 0.3 is 0 Å². The highest BCUT2D eigenvalue weighted by Crippen LogP contribution is 2.54. The van der Waals surface area contributed by atoms with Crippen LogP contribution in [0.3, 0.4) is 0 Å². The normalized spacial score (nSPS) is 48.5. The minimum Gasteiger partial charge on any atom is -0.0651 e. The Hall–Kier alpha value is 0. The topological polar surface area (TPSA) is 0 Å². The molecule has 4 atom stereocenters. The first-order valence-electron chi connectivity index (χ1n) is 5.36. The molecule has 0 spiro atoms. The first-order valence-corrected chi connectivity index (χ1v) is 5.36. The average Bonchev–Trinajstić information content (AvgIpc) is 2.59. The van der Waals surface area contributed by atoms with Crippen molar-refractivity contribution in [3.8, 4) is 0 Å². The minimum absolute atomic E-state index is 1.11. The summed E-state index contributed by atoms with van der Waals surface area (Å²) in [5, 5.41) is 0. The molecule has 2 bridgehead atoms. The van der Waals surface area contributed by atoms with Crippen LogP contribution in [0, 0.1) is 23.7 Å². The van der Waals surface area contributed by atoms with Crippen LogP contribution < -0.4 is 0 Å². The van der Waals surface area contributed by atoms with E-state index in [-0.39, 0.29) is 0 Å². The zero-order valence-corrected chi connectivity index (χ0v) is 7.84. The lowest BCUT2D eigenvalue weighted by molar-refractivity contribution is 0.305. The molecule has 64 valence electrons. The zero-order chi connectivity index (χ0) is 7.84. The van der Waals surface area contributed by atoms with Crippen LogP contribution in [0.4, 0.5) is 0 Å². The number of rotatable bonds is 2. The molecule has 0 heterocycles. The fraction of sp³-hybridized carbons (Fsp3) is 1.00. The Kier molecular flexibility index (Phi) is 1.95. The molecule has 0 saturated heterocycles. The fourth-order valence-corrected chi connectivity index (χ4v) is 3.73. The van der Waals surface area contributed by atoms with Crippen molar-refractivity contribution in [3.05, 3.63) is 0 Å². The lowest BCUT2D eigenvalue weighted by atomic mass is 9.86. The van der Waals surface area contributed by atoms with Crippen molar-refractivity contribution < 1.29 is 0 Å². The summed E-state index contributed by atoms with van der Waals surface area (Å²) in [6.45, 7) is 4.76. The van der Waals surface area contributed by atoms with Crippen LogP contribution in [0.15, 0.2) is 0 Å². The van der Waals surface area contributed by atoms with Gasteiger partial charge in [0.25, 0.3) is 0 Å². The Morgan fingerprint density at radius 3 is 2.36 bits per heavy atom. The van der Waals surface area contributed by atoms with Gasteiger partial charge in [0.05, 0.1) is 0 Å². The smallest absolute Gasteiger partial charge is 0.0355 e. The number of fused-ring (bicyclic) bond motifs is 2. The maximum atomic E-state index is 2.38.